The number of amides is 1. The molecule has 0 aliphatic heterocycles. The summed E-state index contributed by atoms with van der Waals surface area (Å²) in [5.41, 5.74) is 2.57. The molecule has 0 atom stereocenters. The lowest BCUT2D eigenvalue weighted by atomic mass is 10.1. The van der Waals surface area contributed by atoms with Crippen LogP contribution in [0.4, 0.5) is 6.01 Å². The van der Waals surface area contributed by atoms with E-state index in [1.54, 1.807) is 19.1 Å². The van der Waals surface area contributed by atoms with Gasteiger partial charge in [0.15, 0.2) is 9.84 Å². The van der Waals surface area contributed by atoms with Crippen LogP contribution in [0.5, 0.6) is 0 Å². The minimum Gasteiger partial charge on any atom is -0.403 e. The van der Waals surface area contributed by atoms with Gasteiger partial charge in [-0.25, -0.2) is 8.42 Å². The molecule has 0 saturated carbocycles. The second kappa shape index (κ2) is 7.71. The van der Waals surface area contributed by atoms with Crippen LogP contribution in [0.25, 0.3) is 11.5 Å². The van der Waals surface area contributed by atoms with Crippen molar-refractivity contribution in [3.63, 3.8) is 0 Å². The van der Waals surface area contributed by atoms with Crippen LogP contribution in [0, 0.1) is 6.92 Å². The van der Waals surface area contributed by atoms with Crippen molar-refractivity contribution in [3.8, 4) is 11.5 Å². The number of benzene rings is 2. The van der Waals surface area contributed by atoms with E-state index in [4.69, 9.17) is 4.42 Å². The third-order valence-electron chi connectivity index (χ3n) is 4.00. The highest BCUT2D eigenvalue weighted by Gasteiger charge is 2.14. The zero-order valence-electron chi connectivity index (χ0n) is 15.0. The summed E-state index contributed by atoms with van der Waals surface area (Å²) >= 11 is 0. The van der Waals surface area contributed by atoms with Gasteiger partial charge in [0.1, 0.15) is 0 Å². The molecule has 0 spiro atoms. The van der Waals surface area contributed by atoms with Crippen LogP contribution in [-0.2, 0) is 21.1 Å². The summed E-state index contributed by atoms with van der Waals surface area (Å²) in [4.78, 5) is 12.3. The Morgan fingerprint density at radius 3 is 2.33 bits per heavy atom. The van der Waals surface area contributed by atoms with Crippen molar-refractivity contribution in [2.45, 2.75) is 25.2 Å². The summed E-state index contributed by atoms with van der Waals surface area (Å²) in [5, 5.41) is 10.3. The highest BCUT2D eigenvalue weighted by Crippen LogP contribution is 2.22. The number of aromatic nitrogens is 2. The highest BCUT2D eigenvalue weighted by atomic mass is 32.2. The molecule has 2 aromatic carbocycles. The van der Waals surface area contributed by atoms with Crippen molar-refractivity contribution >= 4 is 21.8 Å². The van der Waals surface area contributed by atoms with Gasteiger partial charge in [-0.15, -0.1) is 5.10 Å². The number of carbonyl (C=O) groups is 1. The second-order valence-corrected chi connectivity index (χ2v) is 8.33. The molecular weight excluding hydrogens is 366 g/mol. The number of rotatable bonds is 6. The first-order valence-corrected chi connectivity index (χ1v) is 10.0. The SMILES string of the molecule is CCS(=O)(=O)c1ccc(-c2nnc(NC(=O)Cc3ccc(C)cc3)o2)cc1. The molecule has 0 unspecified atom stereocenters. The Morgan fingerprint density at radius 2 is 1.70 bits per heavy atom. The molecule has 1 heterocycles. The van der Waals surface area contributed by atoms with Crippen LogP contribution in [0.3, 0.4) is 0 Å². The Labute approximate surface area is 157 Å². The first-order valence-electron chi connectivity index (χ1n) is 8.39. The standard InChI is InChI=1S/C19H19N3O4S/c1-3-27(24,25)16-10-8-15(9-11-16)18-21-22-19(26-18)20-17(23)12-14-6-4-13(2)5-7-14/h4-11H,3,12H2,1-2H3,(H,20,22,23). The third kappa shape index (κ3) is 4.59. The molecule has 0 aliphatic carbocycles. The molecule has 0 saturated heterocycles. The van der Waals surface area contributed by atoms with Gasteiger partial charge < -0.3 is 4.42 Å². The van der Waals surface area contributed by atoms with Gasteiger partial charge in [-0.2, -0.15) is 0 Å². The first-order chi connectivity index (χ1) is 12.9. The van der Waals surface area contributed by atoms with Crippen LogP contribution in [0.1, 0.15) is 18.1 Å². The minimum absolute atomic E-state index is 0.00707. The molecule has 8 heteroatoms. The molecule has 0 fully saturated rings. The monoisotopic (exact) mass is 385 g/mol. The van der Waals surface area contributed by atoms with Gasteiger partial charge in [0.2, 0.25) is 11.8 Å². The molecule has 3 rings (SSSR count). The molecule has 1 amide bonds. The summed E-state index contributed by atoms with van der Waals surface area (Å²) in [5.74, 6) is -0.0381. The minimum atomic E-state index is -3.26. The number of carbonyl (C=O) groups excluding carboxylic acids is 1. The maximum absolute atomic E-state index is 12.1. The van der Waals surface area contributed by atoms with Crippen molar-refractivity contribution in [1.29, 1.82) is 0 Å². The predicted molar refractivity (Wildman–Crippen MR) is 101 cm³/mol. The van der Waals surface area contributed by atoms with E-state index in [1.807, 2.05) is 31.2 Å². The Hall–Kier alpha value is -3.00. The number of sulfone groups is 1. The van der Waals surface area contributed by atoms with Crippen molar-refractivity contribution in [2.75, 3.05) is 11.1 Å². The van der Waals surface area contributed by atoms with E-state index in [9.17, 15) is 13.2 Å². The summed E-state index contributed by atoms with van der Waals surface area (Å²) in [6.07, 6.45) is 0.196. The van der Waals surface area contributed by atoms with E-state index in [0.717, 1.165) is 11.1 Å². The maximum atomic E-state index is 12.1. The molecule has 27 heavy (non-hydrogen) atoms. The third-order valence-corrected chi connectivity index (χ3v) is 5.75. The van der Waals surface area contributed by atoms with Crippen molar-refractivity contribution in [2.24, 2.45) is 0 Å². The second-order valence-electron chi connectivity index (χ2n) is 6.05. The average Bonchev–Trinajstić information content (AvgIpc) is 3.12. The molecule has 0 aliphatic rings. The Balaban J connectivity index is 1.67. The van der Waals surface area contributed by atoms with Crippen molar-refractivity contribution < 1.29 is 17.6 Å². The van der Waals surface area contributed by atoms with E-state index in [-0.39, 0.29) is 34.9 Å². The fourth-order valence-electron chi connectivity index (χ4n) is 2.42. The van der Waals surface area contributed by atoms with Crippen LogP contribution in [-0.4, -0.2) is 30.3 Å². The van der Waals surface area contributed by atoms with Crippen LogP contribution in [0.2, 0.25) is 0 Å². The number of hydrogen-bond acceptors (Lipinski definition) is 6. The average molecular weight is 385 g/mol. The lowest BCUT2D eigenvalue weighted by Crippen LogP contribution is -2.14. The molecule has 1 N–H and O–H groups in total. The number of hydrogen-bond donors (Lipinski definition) is 1. The van der Waals surface area contributed by atoms with Gasteiger partial charge in [0.05, 0.1) is 17.1 Å². The quantitative estimate of drug-likeness (QED) is 0.700. The van der Waals surface area contributed by atoms with E-state index in [1.165, 1.54) is 12.1 Å². The summed E-state index contributed by atoms with van der Waals surface area (Å²) in [6.45, 7) is 3.57. The molecule has 0 bridgehead atoms. The van der Waals surface area contributed by atoms with Gasteiger partial charge >= 0.3 is 6.01 Å². The number of anilines is 1. The molecular formula is C19H19N3O4S. The number of aryl methyl sites for hydroxylation is 1. The number of nitrogens with zero attached hydrogens (tertiary/aromatic N) is 2. The largest absolute Gasteiger partial charge is 0.403 e. The Morgan fingerprint density at radius 1 is 1.04 bits per heavy atom. The van der Waals surface area contributed by atoms with Crippen LogP contribution < -0.4 is 5.32 Å². The lowest BCUT2D eigenvalue weighted by Gasteiger charge is -2.02. The summed E-state index contributed by atoms with van der Waals surface area (Å²) in [7, 11) is -3.26. The molecule has 7 nitrogen and oxygen atoms in total. The topological polar surface area (TPSA) is 102 Å². The Bertz CT molecular complexity index is 1040. The molecule has 3 aromatic rings. The zero-order valence-corrected chi connectivity index (χ0v) is 15.8. The summed E-state index contributed by atoms with van der Waals surface area (Å²) < 4.78 is 29.1. The van der Waals surface area contributed by atoms with Crippen LogP contribution >= 0.6 is 0 Å². The normalized spacial score (nSPS) is 11.3. The van der Waals surface area contributed by atoms with Crippen molar-refractivity contribution in [1.82, 2.24) is 10.2 Å². The Kier molecular flexibility index (Phi) is 5.36. The van der Waals surface area contributed by atoms with Gasteiger partial charge in [-0.1, -0.05) is 41.9 Å². The van der Waals surface area contributed by atoms with Gasteiger partial charge in [0.25, 0.3) is 0 Å². The maximum Gasteiger partial charge on any atom is 0.322 e. The predicted octanol–water partition coefficient (Wildman–Crippen LogP) is 3.02. The smallest absolute Gasteiger partial charge is 0.322 e. The van der Waals surface area contributed by atoms with E-state index >= 15 is 0 Å². The fraction of sp³-hybridized carbons (Fsp3) is 0.211. The van der Waals surface area contributed by atoms with E-state index < -0.39 is 9.84 Å². The summed E-state index contributed by atoms with van der Waals surface area (Å²) in [6, 6.07) is 13.8. The van der Waals surface area contributed by atoms with Crippen molar-refractivity contribution in [3.05, 3.63) is 59.7 Å². The van der Waals surface area contributed by atoms with E-state index in [0.29, 0.717) is 5.56 Å². The van der Waals surface area contributed by atoms with Crippen LogP contribution in [0.15, 0.2) is 57.8 Å². The lowest BCUT2D eigenvalue weighted by molar-refractivity contribution is -0.115. The molecule has 0 radical (unpaired) electrons. The van der Waals surface area contributed by atoms with Gasteiger partial charge in [-0.3, -0.25) is 10.1 Å². The van der Waals surface area contributed by atoms with Gasteiger partial charge in [-0.05, 0) is 36.8 Å². The number of nitrogens with one attached hydrogen (secondary N) is 1. The zero-order chi connectivity index (χ0) is 19.4. The first kappa shape index (κ1) is 18.8. The van der Waals surface area contributed by atoms with E-state index in [2.05, 4.69) is 15.5 Å². The fourth-order valence-corrected chi connectivity index (χ4v) is 3.30. The van der Waals surface area contributed by atoms with Gasteiger partial charge in [0, 0.05) is 5.56 Å². The molecule has 140 valence electrons. The highest BCUT2D eigenvalue weighted by molar-refractivity contribution is 7.91. The molecule has 1 aromatic heterocycles.